The van der Waals surface area contributed by atoms with Crippen LogP contribution in [0.5, 0.6) is 0 Å². The third-order valence-corrected chi connectivity index (χ3v) is 5.58. The Hall–Kier alpha value is -1.22. The molecule has 2 aromatic heterocycles. The predicted molar refractivity (Wildman–Crippen MR) is 91.3 cm³/mol. The Labute approximate surface area is 142 Å². The van der Waals surface area contributed by atoms with Crippen LogP contribution < -0.4 is 10.0 Å². The molecule has 1 fully saturated rings. The van der Waals surface area contributed by atoms with E-state index in [9.17, 15) is 8.42 Å². The summed E-state index contributed by atoms with van der Waals surface area (Å²) in [5.74, 6) is 0.559. The average molecular weight is 360 g/mol. The van der Waals surface area contributed by atoms with E-state index in [-0.39, 0.29) is 17.3 Å². The fourth-order valence-electron chi connectivity index (χ4n) is 2.88. The van der Waals surface area contributed by atoms with E-state index in [2.05, 4.69) is 20.1 Å². The summed E-state index contributed by atoms with van der Waals surface area (Å²) in [5.41, 5.74) is 1.47. The van der Waals surface area contributed by atoms with Gasteiger partial charge in [-0.2, -0.15) is 5.10 Å². The van der Waals surface area contributed by atoms with Crippen LogP contribution in [0.25, 0.3) is 11.0 Å². The van der Waals surface area contributed by atoms with Crippen LogP contribution in [0, 0.1) is 12.8 Å². The highest BCUT2D eigenvalue weighted by molar-refractivity contribution is 7.89. The SMILES string of the molecule is Cc1nn(C)c2ncc(S(=O)(=O)NCCC3CCNC3)cc12.Cl. The lowest BCUT2D eigenvalue weighted by atomic mass is 10.1. The number of nitrogens with zero attached hydrogens (tertiary/aromatic N) is 3. The molecule has 3 rings (SSSR count). The molecule has 23 heavy (non-hydrogen) atoms. The van der Waals surface area contributed by atoms with Crippen molar-refractivity contribution in [2.45, 2.75) is 24.7 Å². The summed E-state index contributed by atoms with van der Waals surface area (Å²) < 4.78 is 29.1. The van der Waals surface area contributed by atoms with Crippen LogP contribution in [0.1, 0.15) is 18.5 Å². The van der Waals surface area contributed by atoms with Crippen molar-refractivity contribution in [1.29, 1.82) is 0 Å². The van der Waals surface area contributed by atoms with E-state index < -0.39 is 10.0 Å². The number of sulfonamides is 1. The minimum Gasteiger partial charge on any atom is -0.316 e. The van der Waals surface area contributed by atoms with Gasteiger partial charge in [-0.1, -0.05) is 0 Å². The van der Waals surface area contributed by atoms with Crippen molar-refractivity contribution in [1.82, 2.24) is 24.8 Å². The molecule has 128 valence electrons. The number of pyridine rings is 1. The molecule has 0 amide bonds. The lowest BCUT2D eigenvalue weighted by molar-refractivity contribution is 0.519. The summed E-state index contributed by atoms with van der Waals surface area (Å²) >= 11 is 0. The second-order valence-electron chi connectivity index (χ2n) is 5.80. The zero-order valence-corrected chi connectivity index (χ0v) is 14.9. The van der Waals surface area contributed by atoms with E-state index in [0.29, 0.717) is 18.1 Å². The molecule has 2 aromatic rings. The van der Waals surface area contributed by atoms with Gasteiger partial charge in [0.15, 0.2) is 5.65 Å². The van der Waals surface area contributed by atoms with E-state index in [0.717, 1.165) is 37.0 Å². The zero-order chi connectivity index (χ0) is 15.7. The van der Waals surface area contributed by atoms with E-state index in [4.69, 9.17) is 0 Å². The summed E-state index contributed by atoms with van der Waals surface area (Å²) in [6, 6.07) is 1.64. The maximum absolute atomic E-state index is 12.4. The molecule has 0 aromatic carbocycles. The smallest absolute Gasteiger partial charge is 0.242 e. The van der Waals surface area contributed by atoms with Crippen molar-refractivity contribution in [3.8, 4) is 0 Å². The summed E-state index contributed by atoms with van der Waals surface area (Å²) in [5, 5.41) is 8.31. The van der Waals surface area contributed by atoms with Gasteiger partial charge in [-0.3, -0.25) is 4.68 Å². The van der Waals surface area contributed by atoms with Gasteiger partial charge < -0.3 is 5.32 Å². The molecule has 0 aliphatic carbocycles. The largest absolute Gasteiger partial charge is 0.316 e. The number of hydrogen-bond acceptors (Lipinski definition) is 5. The summed E-state index contributed by atoms with van der Waals surface area (Å²) in [4.78, 5) is 4.42. The summed E-state index contributed by atoms with van der Waals surface area (Å²) in [6.07, 6.45) is 3.36. The first kappa shape index (κ1) is 18.1. The molecule has 9 heteroatoms. The lowest BCUT2D eigenvalue weighted by Gasteiger charge is -2.10. The summed E-state index contributed by atoms with van der Waals surface area (Å²) in [7, 11) is -1.72. The Bertz CT molecular complexity index is 784. The topological polar surface area (TPSA) is 88.9 Å². The predicted octanol–water partition coefficient (Wildman–Crippen LogP) is 0.976. The number of aromatic nitrogens is 3. The fourth-order valence-corrected chi connectivity index (χ4v) is 3.89. The van der Waals surface area contributed by atoms with E-state index >= 15 is 0 Å². The van der Waals surface area contributed by atoms with Gasteiger partial charge in [0.2, 0.25) is 10.0 Å². The molecule has 0 bridgehead atoms. The second kappa shape index (κ2) is 7.12. The normalized spacial score (nSPS) is 18.3. The van der Waals surface area contributed by atoms with Crippen molar-refractivity contribution < 1.29 is 8.42 Å². The van der Waals surface area contributed by atoms with Crippen molar-refractivity contribution in [2.24, 2.45) is 13.0 Å². The maximum atomic E-state index is 12.4. The second-order valence-corrected chi connectivity index (χ2v) is 7.56. The monoisotopic (exact) mass is 359 g/mol. The molecular formula is C14H22ClN5O2S. The first-order valence-corrected chi connectivity index (χ1v) is 8.95. The van der Waals surface area contributed by atoms with Crippen molar-refractivity contribution >= 4 is 33.5 Å². The number of halogens is 1. The fraction of sp³-hybridized carbons (Fsp3) is 0.571. The Morgan fingerprint density at radius 3 is 2.96 bits per heavy atom. The molecule has 0 spiro atoms. The molecule has 1 saturated heterocycles. The van der Waals surface area contributed by atoms with Gasteiger partial charge in [-0.25, -0.2) is 18.1 Å². The third kappa shape index (κ3) is 3.82. The van der Waals surface area contributed by atoms with Crippen molar-refractivity contribution in [3.05, 3.63) is 18.0 Å². The average Bonchev–Trinajstić information content (AvgIpc) is 3.08. The minimum absolute atomic E-state index is 0. The highest BCUT2D eigenvalue weighted by Crippen LogP contribution is 2.19. The van der Waals surface area contributed by atoms with E-state index in [1.54, 1.807) is 17.8 Å². The van der Waals surface area contributed by atoms with Gasteiger partial charge in [-0.05, 0) is 44.8 Å². The van der Waals surface area contributed by atoms with Crippen LogP contribution in [0.2, 0.25) is 0 Å². The maximum Gasteiger partial charge on any atom is 0.242 e. The quantitative estimate of drug-likeness (QED) is 0.830. The molecule has 1 atom stereocenters. The molecule has 7 nitrogen and oxygen atoms in total. The molecule has 1 aliphatic heterocycles. The molecule has 1 aliphatic rings. The van der Waals surface area contributed by atoms with Gasteiger partial charge in [0, 0.05) is 25.2 Å². The number of hydrogen-bond donors (Lipinski definition) is 2. The van der Waals surface area contributed by atoms with Crippen LogP contribution in [0.4, 0.5) is 0 Å². The first-order chi connectivity index (χ1) is 10.5. The van der Waals surface area contributed by atoms with Gasteiger partial charge in [0.25, 0.3) is 0 Å². The highest BCUT2D eigenvalue weighted by Gasteiger charge is 2.19. The molecule has 0 radical (unpaired) electrons. The number of rotatable bonds is 5. The number of nitrogens with one attached hydrogen (secondary N) is 2. The van der Waals surface area contributed by atoms with Crippen LogP contribution in [-0.2, 0) is 17.1 Å². The first-order valence-electron chi connectivity index (χ1n) is 7.47. The Morgan fingerprint density at radius 1 is 1.48 bits per heavy atom. The number of aryl methyl sites for hydroxylation is 2. The molecule has 2 N–H and O–H groups in total. The van der Waals surface area contributed by atoms with Gasteiger partial charge in [0.1, 0.15) is 4.90 Å². The van der Waals surface area contributed by atoms with Gasteiger partial charge in [0.05, 0.1) is 5.69 Å². The Kier molecular flexibility index (Phi) is 5.61. The van der Waals surface area contributed by atoms with Gasteiger partial charge in [-0.15, -0.1) is 12.4 Å². The Morgan fingerprint density at radius 2 is 2.26 bits per heavy atom. The standard InChI is InChI=1S/C14H21N5O2S.ClH/c1-10-13-7-12(9-16-14(13)19(2)18-10)22(20,21)17-6-4-11-3-5-15-8-11;/h7,9,11,15,17H,3-6,8H2,1-2H3;1H. The number of fused-ring (bicyclic) bond motifs is 1. The Balaban J connectivity index is 0.00000192. The minimum atomic E-state index is -3.52. The van der Waals surface area contributed by atoms with Crippen LogP contribution in [0.15, 0.2) is 17.2 Å². The van der Waals surface area contributed by atoms with Crippen molar-refractivity contribution in [3.63, 3.8) is 0 Å². The highest BCUT2D eigenvalue weighted by atomic mass is 35.5. The van der Waals surface area contributed by atoms with Crippen LogP contribution in [-0.4, -0.2) is 42.8 Å². The van der Waals surface area contributed by atoms with Crippen molar-refractivity contribution in [2.75, 3.05) is 19.6 Å². The molecule has 1 unspecified atom stereocenters. The van der Waals surface area contributed by atoms with Gasteiger partial charge >= 0.3 is 0 Å². The van der Waals surface area contributed by atoms with E-state index in [1.165, 1.54) is 6.20 Å². The molecular weight excluding hydrogens is 338 g/mol. The third-order valence-electron chi connectivity index (χ3n) is 4.16. The lowest BCUT2D eigenvalue weighted by Crippen LogP contribution is -2.26. The van der Waals surface area contributed by atoms with Crippen LogP contribution >= 0.6 is 12.4 Å². The van der Waals surface area contributed by atoms with E-state index in [1.807, 2.05) is 6.92 Å². The molecule has 0 saturated carbocycles. The summed E-state index contributed by atoms with van der Waals surface area (Å²) in [6.45, 7) is 4.31. The van der Waals surface area contributed by atoms with Crippen LogP contribution in [0.3, 0.4) is 0 Å². The zero-order valence-electron chi connectivity index (χ0n) is 13.2. The molecule has 3 heterocycles.